The summed E-state index contributed by atoms with van der Waals surface area (Å²) >= 11 is 0. The van der Waals surface area contributed by atoms with Crippen LogP contribution in [0.25, 0.3) is 0 Å². The van der Waals surface area contributed by atoms with E-state index in [1.165, 1.54) is 19.4 Å². The molecule has 0 aromatic heterocycles. The monoisotopic (exact) mass is 315 g/mol. The normalized spacial score (nSPS) is 22.7. The summed E-state index contributed by atoms with van der Waals surface area (Å²) in [5, 5.41) is -0.314. The van der Waals surface area contributed by atoms with Crippen molar-refractivity contribution < 1.29 is 17.5 Å². The molecule has 0 amide bonds. The summed E-state index contributed by atoms with van der Waals surface area (Å²) in [6.45, 7) is 0.525. The van der Waals surface area contributed by atoms with Crippen LogP contribution < -0.4 is 4.74 Å². The Balaban J connectivity index is 2.10. The summed E-state index contributed by atoms with van der Waals surface area (Å²) < 4.78 is 42.3. The highest BCUT2D eigenvalue weighted by Crippen LogP contribution is 2.29. The van der Waals surface area contributed by atoms with Crippen molar-refractivity contribution in [2.45, 2.75) is 37.1 Å². The molecule has 2 rings (SSSR count). The number of benzene rings is 1. The summed E-state index contributed by atoms with van der Waals surface area (Å²) in [6, 6.07) is 4.86. The van der Waals surface area contributed by atoms with Crippen molar-refractivity contribution in [3.63, 3.8) is 0 Å². The molecule has 1 aliphatic rings. The highest BCUT2D eigenvalue weighted by molar-refractivity contribution is 7.91. The van der Waals surface area contributed by atoms with Gasteiger partial charge in [-0.05, 0) is 37.6 Å². The van der Waals surface area contributed by atoms with Crippen molar-refractivity contribution in [2.75, 3.05) is 20.4 Å². The molecule has 1 aromatic carbocycles. The van der Waals surface area contributed by atoms with E-state index in [0.717, 1.165) is 18.4 Å². The first-order chi connectivity index (χ1) is 9.82. The zero-order chi connectivity index (χ0) is 15.6. The Morgan fingerprint density at radius 3 is 2.67 bits per heavy atom. The van der Waals surface area contributed by atoms with Crippen LogP contribution in [0.1, 0.15) is 24.8 Å². The number of hydrogen-bond acceptors (Lipinski definition) is 4. The molecule has 1 fully saturated rings. The van der Waals surface area contributed by atoms with E-state index in [1.54, 1.807) is 6.07 Å². The van der Waals surface area contributed by atoms with E-state index >= 15 is 0 Å². The van der Waals surface area contributed by atoms with Gasteiger partial charge in [0.15, 0.2) is 21.4 Å². The smallest absolute Gasteiger partial charge is 0.165 e. The SMILES string of the molecule is COc1ccc(CN(C)C2CCCC2S(C)(=O)=O)cc1F. The highest BCUT2D eigenvalue weighted by Gasteiger charge is 2.37. The molecule has 2 atom stereocenters. The molecule has 0 heterocycles. The molecule has 1 aromatic rings. The minimum absolute atomic E-state index is 0.00478. The molecule has 2 unspecified atom stereocenters. The van der Waals surface area contributed by atoms with Gasteiger partial charge in [-0.2, -0.15) is 0 Å². The molecular formula is C15H22FNO3S. The predicted octanol–water partition coefficient (Wildman–Crippen LogP) is 2.23. The van der Waals surface area contributed by atoms with Gasteiger partial charge in [-0.25, -0.2) is 12.8 Å². The van der Waals surface area contributed by atoms with Gasteiger partial charge in [0.05, 0.1) is 12.4 Å². The lowest BCUT2D eigenvalue weighted by atomic mass is 10.1. The lowest BCUT2D eigenvalue weighted by molar-refractivity contribution is 0.238. The van der Waals surface area contributed by atoms with Crippen LogP contribution in [0, 0.1) is 5.82 Å². The number of nitrogens with zero attached hydrogens (tertiary/aromatic N) is 1. The van der Waals surface area contributed by atoms with Crippen molar-refractivity contribution in [1.82, 2.24) is 4.90 Å². The topological polar surface area (TPSA) is 46.6 Å². The average molecular weight is 315 g/mol. The Morgan fingerprint density at radius 2 is 2.10 bits per heavy atom. The maximum Gasteiger partial charge on any atom is 0.165 e. The Bertz CT molecular complexity index is 603. The standard InChI is InChI=1S/C15H22FNO3S/c1-17(13-5-4-6-15(13)21(3,18)19)10-11-7-8-14(20-2)12(16)9-11/h7-9,13,15H,4-6,10H2,1-3H3. The minimum Gasteiger partial charge on any atom is -0.494 e. The van der Waals surface area contributed by atoms with Gasteiger partial charge in [-0.3, -0.25) is 4.90 Å². The van der Waals surface area contributed by atoms with E-state index in [9.17, 15) is 12.8 Å². The van der Waals surface area contributed by atoms with Crippen LogP contribution in [-0.4, -0.2) is 45.0 Å². The molecule has 0 radical (unpaired) electrons. The van der Waals surface area contributed by atoms with Gasteiger partial charge in [0.2, 0.25) is 0 Å². The third-order valence-electron chi connectivity index (χ3n) is 4.18. The van der Waals surface area contributed by atoms with Crippen LogP contribution in [-0.2, 0) is 16.4 Å². The van der Waals surface area contributed by atoms with E-state index in [1.807, 2.05) is 18.0 Å². The minimum atomic E-state index is -3.04. The van der Waals surface area contributed by atoms with E-state index < -0.39 is 15.7 Å². The maximum absolute atomic E-state index is 13.7. The molecule has 1 saturated carbocycles. The first kappa shape index (κ1) is 16.2. The molecule has 0 aliphatic heterocycles. The van der Waals surface area contributed by atoms with Crippen LogP contribution in [0.15, 0.2) is 18.2 Å². The molecule has 6 heteroatoms. The van der Waals surface area contributed by atoms with Gasteiger partial charge in [-0.1, -0.05) is 12.5 Å². The molecule has 0 N–H and O–H groups in total. The van der Waals surface area contributed by atoms with Crippen molar-refractivity contribution in [3.8, 4) is 5.75 Å². The molecule has 4 nitrogen and oxygen atoms in total. The number of halogens is 1. The molecule has 118 valence electrons. The first-order valence-corrected chi connectivity index (χ1v) is 9.00. The molecule has 0 bridgehead atoms. The molecule has 0 saturated heterocycles. The lowest BCUT2D eigenvalue weighted by Gasteiger charge is -2.28. The third kappa shape index (κ3) is 3.74. The molecule has 21 heavy (non-hydrogen) atoms. The Kier molecular flexibility index (Phi) is 4.88. The summed E-state index contributed by atoms with van der Waals surface area (Å²) in [5.74, 6) is -0.175. The van der Waals surface area contributed by atoms with Crippen LogP contribution in [0.3, 0.4) is 0 Å². The molecule has 0 spiro atoms. The van der Waals surface area contributed by atoms with E-state index in [0.29, 0.717) is 13.0 Å². The van der Waals surface area contributed by atoms with Crippen molar-refractivity contribution in [1.29, 1.82) is 0 Å². The zero-order valence-corrected chi connectivity index (χ0v) is 13.5. The second kappa shape index (κ2) is 6.32. The predicted molar refractivity (Wildman–Crippen MR) is 80.7 cm³/mol. The quantitative estimate of drug-likeness (QED) is 0.836. The van der Waals surface area contributed by atoms with E-state index in [-0.39, 0.29) is 17.0 Å². The van der Waals surface area contributed by atoms with Gasteiger partial charge in [0.25, 0.3) is 0 Å². The van der Waals surface area contributed by atoms with Crippen LogP contribution in [0.5, 0.6) is 5.75 Å². The Labute approximate surface area is 125 Å². The van der Waals surface area contributed by atoms with Crippen LogP contribution in [0.2, 0.25) is 0 Å². The fourth-order valence-corrected chi connectivity index (χ4v) is 4.63. The zero-order valence-electron chi connectivity index (χ0n) is 12.7. The van der Waals surface area contributed by atoms with Gasteiger partial charge >= 0.3 is 0 Å². The third-order valence-corrected chi connectivity index (χ3v) is 5.83. The van der Waals surface area contributed by atoms with Crippen molar-refractivity contribution >= 4 is 9.84 Å². The average Bonchev–Trinajstić information content (AvgIpc) is 2.88. The summed E-state index contributed by atoms with van der Waals surface area (Å²) in [6.07, 6.45) is 3.80. The first-order valence-electron chi connectivity index (χ1n) is 7.04. The second-order valence-electron chi connectivity index (χ2n) is 5.75. The lowest BCUT2D eigenvalue weighted by Crippen LogP contribution is -2.40. The summed E-state index contributed by atoms with van der Waals surface area (Å²) in [4.78, 5) is 2.01. The fraction of sp³-hybridized carbons (Fsp3) is 0.600. The van der Waals surface area contributed by atoms with Crippen molar-refractivity contribution in [3.05, 3.63) is 29.6 Å². The Hall–Kier alpha value is -1.14. The van der Waals surface area contributed by atoms with E-state index in [4.69, 9.17) is 4.74 Å². The van der Waals surface area contributed by atoms with Crippen molar-refractivity contribution in [2.24, 2.45) is 0 Å². The van der Waals surface area contributed by atoms with Crippen LogP contribution in [0.4, 0.5) is 4.39 Å². The fourth-order valence-electron chi connectivity index (χ4n) is 3.12. The second-order valence-corrected chi connectivity index (χ2v) is 8.01. The number of methoxy groups -OCH3 is 1. The van der Waals surface area contributed by atoms with Gasteiger partial charge in [-0.15, -0.1) is 0 Å². The van der Waals surface area contributed by atoms with Gasteiger partial charge in [0.1, 0.15) is 0 Å². The summed E-state index contributed by atoms with van der Waals surface area (Å²) in [5.41, 5.74) is 0.815. The number of rotatable bonds is 5. The number of sulfone groups is 1. The maximum atomic E-state index is 13.7. The molecular weight excluding hydrogens is 293 g/mol. The number of ether oxygens (including phenoxy) is 1. The van der Waals surface area contributed by atoms with E-state index in [2.05, 4.69) is 0 Å². The molecule has 1 aliphatic carbocycles. The van der Waals surface area contributed by atoms with Gasteiger partial charge < -0.3 is 4.74 Å². The van der Waals surface area contributed by atoms with Crippen LogP contribution >= 0.6 is 0 Å². The van der Waals surface area contributed by atoms with Gasteiger partial charge in [0, 0.05) is 18.8 Å². The largest absolute Gasteiger partial charge is 0.494 e. The Morgan fingerprint density at radius 1 is 1.38 bits per heavy atom. The number of hydrogen-bond donors (Lipinski definition) is 0. The summed E-state index contributed by atoms with van der Waals surface area (Å²) in [7, 11) is 0.286. The highest BCUT2D eigenvalue weighted by atomic mass is 32.2.